The first-order valence-corrected chi connectivity index (χ1v) is 10.0. The Hall–Kier alpha value is -2.52. The van der Waals surface area contributed by atoms with E-state index >= 15 is 0 Å². The van der Waals surface area contributed by atoms with Crippen molar-refractivity contribution in [1.82, 2.24) is 24.9 Å². The maximum Gasteiger partial charge on any atom is 0.255 e. The monoisotopic (exact) mass is 399 g/mol. The largest absolute Gasteiger partial charge is 0.488 e. The van der Waals surface area contributed by atoms with Gasteiger partial charge in [-0.15, -0.1) is 5.10 Å². The minimum atomic E-state index is -0.314. The Bertz CT molecular complexity index is 909. The molecule has 1 amide bonds. The molecule has 3 aliphatic rings. The second-order valence-electron chi connectivity index (χ2n) is 8.46. The van der Waals surface area contributed by atoms with E-state index in [4.69, 9.17) is 14.2 Å². The van der Waals surface area contributed by atoms with Gasteiger partial charge in [0, 0.05) is 25.7 Å². The van der Waals surface area contributed by atoms with Crippen molar-refractivity contribution in [3.63, 3.8) is 0 Å². The third-order valence-electron chi connectivity index (χ3n) is 5.55. The lowest BCUT2D eigenvalue weighted by atomic mass is 10.1. The molecule has 9 heteroatoms. The van der Waals surface area contributed by atoms with Crippen molar-refractivity contribution >= 4 is 5.91 Å². The minimum absolute atomic E-state index is 0.117. The molecule has 3 fully saturated rings. The van der Waals surface area contributed by atoms with Crippen molar-refractivity contribution in [1.29, 1.82) is 0 Å². The zero-order valence-electron chi connectivity index (χ0n) is 16.7. The molecule has 1 spiro atoms. The van der Waals surface area contributed by atoms with E-state index in [1.807, 2.05) is 6.20 Å². The van der Waals surface area contributed by atoms with E-state index in [0.717, 1.165) is 26.1 Å². The highest BCUT2D eigenvalue weighted by Crippen LogP contribution is 2.48. The summed E-state index contributed by atoms with van der Waals surface area (Å²) in [5.41, 5.74) is 1.94. The fraction of sp³-hybridized carbons (Fsp3) is 0.600. The first-order chi connectivity index (χ1) is 14.0. The summed E-state index contributed by atoms with van der Waals surface area (Å²) in [4.78, 5) is 18.3. The van der Waals surface area contributed by atoms with Gasteiger partial charge in [-0.2, -0.15) is 0 Å². The van der Waals surface area contributed by atoms with E-state index in [2.05, 4.69) is 15.3 Å². The number of pyridine rings is 1. The van der Waals surface area contributed by atoms with Gasteiger partial charge in [0.15, 0.2) is 6.29 Å². The summed E-state index contributed by atoms with van der Waals surface area (Å²) < 4.78 is 19.4. The first kappa shape index (κ1) is 18.5. The molecular formula is C20H25N5O4. The lowest BCUT2D eigenvalue weighted by Crippen LogP contribution is -2.36. The van der Waals surface area contributed by atoms with Crippen molar-refractivity contribution < 1.29 is 19.0 Å². The Kier molecular flexibility index (Phi) is 4.51. The van der Waals surface area contributed by atoms with Gasteiger partial charge in [-0.25, -0.2) is 9.67 Å². The molecule has 0 unspecified atom stereocenters. The first-order valence-electron chi connectivity index (χ1n) is 10.0. The summed E-state index contributed by atoms with van der Waals surface area (Å²) in [5.74, 6) is 0.446. The van der Waals surface area contributed by atoms with Crippen molar-refractivity contribution in [2.45, 2.75) is 44.6 Å². The topological polar surface area (TPSA) is 91.6 Å². The molecule has 0 radical (unpaired) electrons. The van der Waals surface area contributed by atoms with Crippen LogP contribution in [0.15, 0.2) is 18.5 Å². The van der Waals surface area contributed by atoms with Gasteiger partial charge in [-0.1, -0.05) is 5.21 Å². The van der Waals surface area contributed by atoms with Gasteiger partial charge < -0.3 is 19.1 Å². The van der Waals surface area contributed by atoms with Gasteiger partial charge in [0.1, 0.15) is 17.1 Å². The average molecular weight is 399 g/mol. The maximum absolute atomic E-state index is 12.3. The van der Waals surface area contributed by atoms with Gasteiger partial charge in [0.2, 0.25) is 0 Å². The van der Waals surface area contributed by atoms with Crippen molar-refractivity contribution in [3.05, 3.63) is 24.0 Å². The fourth-order valence-electron chi connectivity index (χ4n) is 3.32. The number of rotatable bonds is 6. The third-order valence-corrected chi connectivity index (χ3v) is 5.55. The molecule has 2 aliphatic carbocycles. The summed E-state index contributed by atoms with van der Waals surface area (Å²) in [6, 6.07) is 1.74. The van der Waals surface area contributed by atoms with Crippen LogP contribution in [0.1, 0.15) is 36.0 Å². The van der Waals surface area contributed by atoms with Gasteiger partial charge in [-0.05, 0) is 31.7 Å². The summed E-state index contributed by atoms with van der Waals surface area (Å²) in [6.45, 7) is 1.97. The van der Waals surface area contributed by atoms with E-state index in [1.54, 1.807) is 31.0 Å². The fourth-order valence-corrected chi connectivity index (χ4v) is 3.32. The number of carbonyl (C=O) groups excluding carboxylic acids is 1. The second kappa shape index (κ2) is 7.07. The number of aromatic nitrogens is 4. The highest BCUT2D eigenvalue weighted by Gasteiger charge is 2.47. The molecule has 1 aliphatic heterocycles. The molecule has 2 aromatic heterocycles. The van der Waals surface area contributed by atoms with Crippen molar-refractivity contribution in [2.24, 2.45) is 5.41 Å². The molecule has 2 saturated carbocycles. The van der Waals surface area contributed by atoms with Crippen LogP contribution in [0.25, 0.3) is 11.4 Å². The quantitative estimate of drug-likeness (QED) is 0.730. The molecule has 1 saturated heterocycles. The number of hydrogen-bond acceptors (Lipinski definition) is 7. The van der Waals surface area contributed by atoms with E-state index in [9.17, 15) is 4.79 Å². The summed E-state index contributed by atoms with van der Waals surface area (Å²) in [5, 5.41) is 8.45. The van der Waals surface area contributed by atoms with E-state index in [0.29, 0.717) is 29.2 Å². The number of hydrogen-bond donors (Lipinski definition) is 0. The van der Waals surface area contributed by atoms with Gasteiger partial charge in [-0.3, -0.25) is 4.79 Å². The standard InChI is InChI=1S/C20H25N5O4/c1-24(2)19(26)13-7-16(29-14-3-4-14)18(21-8-13)15-9-25(23-22-15)10-17-27-11-20(5-6-20)12-28-17/h7-9,14,17H,3-6,10-12H2,1-2H3. The molecule has 3 heterocycles. The van der Waals surface area contributed by atoms with Crippen LogP contribution in [-0.2, 0) is 16.0 Å². The molecule has 9 nitrogen and oxygen atoms in total. The average Bonchev–Trinajstić information content (AvgIpc) is 3.64. The molecule has 0 aromatic carbocycles. The van der Waals surface area contributed by atoms with Crippen LogP contribution in [0, 0.1) is 5.41 Å². The number of ether oxygens (including phenoxy) is 3. The molecule has 0 N–H and O–H groups in total. The number of amides is 1. The molecule has 154 valence electrons. The molecule has 5 rings (SSSR count). The van der Waals surface area contributed by atoms with Gasteiger partial charge in [0.05, 0.1) is 37.6 Å². The van der Waals surface area contributed by atoms with Crippen LogP contribution < -0.4 is 4.74 Å². The summed E-state index contributed by atoms with van der Waals surface area (Å²) >= 11 is 0. The lowest BCUT2D eigenvalue weighted by Gasteiger charge is -2.29. The normalized spacial score (nSPS) is 20.6. The number of carbonyl (C=O) groups is 1. The lowest BCUT2D eigenvalue weighted by molar-refractivity contribution is -0.213. The van der Waals surface area contributed by atoms with Crippen molar-refractivity contribution in [3.8, 4) is 17.1 Å². The van der Waals surface area contributed by atoms with E-state index in [-0.39, 0.29) is 23.7 Å². The summed E-state index contributed by atoms with van der Waals surface area (Å²) in [7, 11) is 3.42. The number of nitrogens with zero attached hydrogens (tertiary/aromatic N) is 5. The molecule has 2 aromatic rings. The van der Waals surface area contributed by atoms with E-state index in [1.165, 1.54) is 17.7 Å². The van der Waals surface area contributed by atoms with Crippen LogP contribution in [-0.4, -0.2) is 70.5 Å². The highest BCUT2D eigenvalue weighted by molar-refractivity contribution is 5.94. The second-order valence-corrected chi connectivity index (χ2v) is 8.46. The van der Waals surface area contributed by atoms with Crippen LogP contribution in [0.5, 0.6) is 5.75 Å². The van der Waals surface area contributed by atoms with Crippen molar-refractivity contribution in [2.75, 3.05) is 27.3 Å². The van der Waals surface area contributed by atoms with Crippen LogP contribution in [0.3, 0.4) is 0 Å². The maximum atomic E-state index is 12.3. The zero-order chi connectivity index (χ0) is 20.0. The minimum Gasteiger partial charge on any atom is -0.488 e. The summed E-state index contributed by atoms with van der Waals surface area (Å²) in [6.07, 6.45) is 7.62. The van der Waals surface area contributed by atoms with Gasteiger partial charge >= 0.3 is 0 Å². The highest BCUT2D eigenvalue weighted by atomic mass is 16.7. The Morgan fingerprint density at radius 2 is 2.07 bits per heavy atom. The van der Waals surface area contributed by atoms with E-state index < -0.39 is 0 Å². The van der Waals surface area contributed by atoms with Crippen LogP contribution in [0.4, 0.5) is 0 Å². The molecule has 29 heavy (non-hydrogen) atoms. The Balaban J connectivity index is 1.33. The smallest absolute Gasteiger partial charge is 0.255 e. The van der Waals surface area contributed by atoms with Crippen LogP contribution >= 0.6 is 0 Å². The SMILES string of the molecule is CN(C)C(=O)c1cnc(-c2cn(CC3OCC4(CC4)CO3)nn2)c(OC2CC2)c1. The molecule has 0 atom stereocenters. The Morgan fingerprint density at radius 1 is 1.31 bits per heavy atom. The molecular weight excluding hydrogens is 374 g/mol. The predicted octanol–water partition coefficient (Wildman–Crippen LogP) is 1.74. The molecule has 0 bridgehead atoms. The Labute approximate surface area is 168 Å². The Morgan fingerprint density at radius 3 is 2.72 bits per heavy atom. The zero-order valence-corrected chi connectivity index (χ0v) is 16.7. The van der Waals surface area contributed by atoms with Gasteiger partial charge in [0.25, 0.3) is 5.91 Å². The van der Waals surface area contributed by atoms with Crippen LogP contribution in [0.2, 0.25) is 0 Å². The third kappa shape index (κ3) is 3.97. The predicted molar refractivity (Wildman–Crippen MR) is 102 cm³/mol.